The van der Waals surface area contributed by atoms with Gasteiger partial charge in [-0.25, -0.2) is 13.8 Å². The Balaban J connectivity index is 2.17. The number of anilines is 1. The zero-order valence-corrected chi connectivity index (χ0v) is 19.4. The lowest BCUT2D eigenvalue weighted by molar-refractivity contribution is -0.116. The number of aryl methyl sites for hydroxylation is 1. The molecule has 0 spiro atoms. The summed E-state index contributed by atoms with van der Waals surface area (Å²) in [6, 6.07) is 8.88. The first-order valence-corrected chi connectivity index (χ1v) is 11.4. The van der Waals surface area contributed by atoms with Gasteiger partial charge in [0, 0.05) is 29.1 Å². The third-order valence-electron chi connectivity index (χ3n) is 5.32. The molecule has 1 aromatic heterocycles. The molecule has 32 heavy (non-hydrogen) atoms. The molecule has 0 saturated carbocycles. The molecule has 0 unspecified atom stereocenters. The summed E-state index contributed by atoms with van der Waals surface area (Å²) in [4.78, 5) is 16.7. The molecule has 4 nitrogen and oxygen atoms in total. The lowest BCUT2D eigenvalue weighted by atomic mass is 10.0. The maximum absolute atomic E-state index is 14.8. The number of nitrogens with zero attached hydrogens (tertiary/aromatic N) is 2. The number of aromatic nitrogens is 2. The fourth-order valence-corrected chi connectivity index (χ4v) is 3.90. The monoisotopic (exact) mass is 459 g/mol. The van der Waals surface area contributed by atoms with Crippen LogP contribution in [-0.4, -0.2) is 15.5 Å². The number of carbonyl (C=O) groups is 1. The molecule has 0 aliphatic carbocycles. The van der Waals surface area contributed by atoms with Crippen molar-refractivity contribution in [3.8, 4) is 22.5 Å². The summed E-state index contributed by atoms with van der Waals surface area (Å²) >= 11 is 6.15. The summed E-state index contributed by atoms with van der Waals surface area (Å²) in [6.07, 6.45) is 3.99. The first-order chi connectivity index (χ1) is 15.3. The molecular weight excluding hydrogens is 432 g/mol. The zero-order chi connectivity index (χ0) is 23.3. The van der Waals surface area contributed by atoms with Gasteiger partial charge in [0.1, 0.15) is 17.5 Å². The summed E-state index contributed by atoms with van der Waals surface area (Å²) in [5.74, 6) is -0.487. The molecule has 0 saturated heterocycles. The summed E-state index contributed by atoms with van der Waals surface area (Å²) in [7, 11) is 0. The Hall–Kier alpha value is -2.73. The van der Waals surface area contributed by atoms with Gasteiger partial charge < -0.3 is 9.88 Å². The summed E-state index contributed by atoms with van der Waals surface area (Å²) < 4.78 is 31.3. The van der Waals surface area contributed by atoms with Crippen molar-refractivity contribution in [2.75, 3.05) is 5.32 Å². The van der Waals surface area contributed by atoms with Gasteiger partial charge in [-0.1, -0.05) is 38.3 Å². The van der Waals surface area contributed by atoms with E-state index in [1.807, 2.05) is 18.4 Å². The predicted octanol–water partition coefficient (Wildman–Crippen LogP) is 7.39. The van der Waals surface area contributed by atoms with Crippen molar-refractivity contribution in [2.45, 2.75) is 59.4 Å². The van der Waals surface area contributed by atoms with E-state index in [2.05, 4.69) is 17.2 Å². The maximum atomic E-state index is 14.8. The van der Waals surface area contributed by atoms with Gasteiger partial charge in [0.2, 0.25) is 5.91 Å². The van der Waals surface area contributed by atoms with Gasteiger partial charge in [0.15, 0.2) is 0 Å². The average molecular weight is 460 g/mol. The first-order valence-electron chi connectivity index (χ1n) is 11.0. The molecule has 0 atom stereocenters. The number of hydrogen-bond acceptors (Lipinski definition) is 2. The second kappa shape index (κ2) is 10.7. The van der Waals surface area contributed by atoms with Crippen LogP contribution in [-0.2, 0) is 11.3 Å². The number of rotatable bonds is 9. The number of carbonyl (C=O) groups excluding carboxylic acids is 1. The van der Waals surface area contributed by atoms with E-state index in [0.717, 1.165) is 25.1 Å². The van der Waals surface area contributed by atoms with Gasteiger partial charge in [0.05, 0.1) is 17.1 Å². The number of benzene rings is 2. The van der Waals surface area contributed by atoms with Crippen molar-refractivity contribution in [1.82, 2.24) is 9.55 Å². The molecule has 1 amide bonds. The minimum atomic E-state index is -0.526. The van der Waals surface area contributed by atoms with Crippen molar-refractivity contribution in [1.29, 1.82) is 0 Å². The zero-order valence-electron chi connectivity index (χ0n) is 18.6. The quantitative estimate of drug-likeness (QED) is 0.339. The molecule has 0 fully saturated rings. The average Bonchev–Trinajstić information content (AvgIpc) is 3.08. The van der Waals surface area contributed by atoms with E-state index < -0.39 is 11.6 Å². The second-order valence-electron chi connectivity index (χ2n) is 7.83. The number of imidazole rings is 1. The van der Waals surface area contributed by atoms with E-state index in [4.69, 9.17) is 11.6 Å². The lowest BCUT2D eigenvalue weighted by Crippen LogP contribution is -2.12. The minimum absolute atomic E-state index is 0.0948. The smallest absolute Gasteiger partial charge is 0.224 e. The van der Waals surface area contributed by atoms with E-state index in [0.29, 0.717) is 41.4 Å². The van der Waals surface area contributed by atoms with E-state index in [1.54, 1.807) is 18.2 Å². The molecule has 1 heterocycles. The first kappa shape index (κ1) is 23.9. The van der Waals surface area contributed by atoms with Crippen molar-refractivity contribution in [2.24, 2.45) is 0 Å². The number of amides is 1. The molecule has 1 N–H and O–H groups in total. The minimum Gasteiger partial charge on any atom is -0.328 e. The van der Waals surface area contributed by atoms with Crippen LogP contribution in [0.2, 0.25) is 5.02 Å². The van der Waals surface area contributed by atoms with Crippen LogP contribution >= 0.6 is 11.6 Å². The predicted molar refractivity (Wildman–Crippen MR) is 126 cm³/mol. The maximum Gasteiger partial charge on any atom is 0.224 e. The standard InChI is InChI=1S/C25H28ClF2N3O/c1-4-6-7-13-31-16(3)29-24(19-15-18(26)10-12-20(19)27)25(31)17-9-11-21(28)22(14-17)30-23(32)8-5-2/h9-12,14-15H,4-8,13H2,1-3H3,(H,30,32). The van der Waals surface area contributed by atoms with Crippen LogP contribution < -0.4 is 5.32 Å². The van der Waals surface area contributed by atoms with Crippen LogP contribution in [0.25, 0.3) is 22.5 Å². The van der Waals surface area contributed by atoms with Crippen LogP contribution in [0.1, 0.15) is 51.8 Å². The highest BCUT2D eigenvalue weighted by molar-refractivity contribution is 6.30. The third kappa shape index (κ3) is 5.36. The van der Waals surface area contributed by atoms with Gasteiger partial charge in [-0.3, -0.25) is 4.79 Å². The highest BCUT2D eigenvalue weighted by Crippen LogP contribution is 2.37. The van der Waals surface area contributed by atoms with Crippen LogP contribution in [0, 0.1) is 18.6 Å². The van der Waals surface area contributed by atoms with Crippen LogP contribution in [0.5, 0.6) is 0 Å². The van der Waals surface area contributed by atoms with Gasteiger partial charge in [-0.05, 0) is 56.2 Å². The fraction of sp³-hybridized carbons (Fsp3) is 0.360. The second-order valence-corrected chi connectivity index (χ2v) is 8.27. The molecule has 7 heteroatoms. The van der Waals surface area contributed by atoms with Crippen LogP contribution in [0.15, 0.2) is 36.4 Å². The SMILES string of the molecule is CCCCCn1c(C)nc(-c2cc(Cl)ccc2F)c1-c1ccc(F)c(NC(=O)CCC)c1. The van der Waals surface area contributed by atoms with Crippen molar-refractivity contribution < 1.29 is 13.6 Å². The molecule has 2 aromatic carbocycles. The molecular formula is C25H28ClF2N3O. The summed E-state index contributed by atoms with van der Waals surface area (Å²) in [5.41, 5.74) is 2.13. The topological polar surface area (TPSA) is 46.9 Å². The third-order valence-corrected chi connectivity index (χ3v) is 5.55. The number of nitrogens with one attached hydrogen (secondary N) is 1. The van der Waals surface area contributed by atoms with Gasteiger partial charge in [0.25, 0.3) is 0 Å². The Morgan fingerprint density at radius 3 is 2.53 bits per heavy atom. The number of unbranched alkanes of at least 4 members (excludes halogenated alkanes) is 2. The van der Waals surface area contributed by atoms with Crippen molar-refractivity contribution in [3.05, 3.63) is 58.9 Å². The van der Waals surface area contributed by atoms with E-state index in [9.17, 15) is 13.6 Å². The molecule has 0 aliphatic rings. The van der Waals surface area contributed by atoms with Gasteiger partial charge in [-0.2, -0.15) is 0 Å². The Bertz CT molecular complexity index is 1110. The largest absolute Gasteiger partial charge is 0.328 e. The van der Waals surface area contributed by atoms with Crippen molar-refractivity contribution in [3.63, 3.8) is 0 Å². The summed E-state index contributed by atoms with van der Waals surface area (Å²) in [5, 5.41) is 3.04. The Morgan fingerprint density at radius 1 is 1.06 bits per heavy atom. The highest BCUT2D eigenvalue weighted by Gasteiger charge is 2.22. The van der Waals surface area contributed by atoms with Gasteiger partial charge >= 0.3 is 0 Å². The number of hydrogen-bond donors (Lipinski definition) is 1. The Morgan fingerprint density at radius 2 is 1.81 bits per heavy atom. The van der Waals surface area contributed by atoms with Crippen LogP contribution in [0.3, 0.4) is 0 Å². The molecule has 170 valence electrons. The normalized spacial score (nSPS) is 11.1. The van der Waals surface area contributed by atoms with Crippen molar-refractivity contribution >= 4 is 23.2 Å². The molecule has 0 aliphatic heterocycles. The van der Waals surface area contributed by atoms with E-state index in [-0.39, 0.29) is 17.2 Å². The van der Waals surface area contributed by atoms with Crippen LogP contribution in [0.4, 0.5) is 14.5 Å². The molecule has 0 radical (unpaired) electrons. The Kier molecular flexibility index (Phi) is 8.02. The van der Waals surface area contributed by atoms with E-state index >= 15 is 0 Å². The lowest BCUT2D eigenvalue weighted by Gasteiger charge is -2.14. The van der Waals surface area contributed by atoms with Gasteiger partial charge in [-0.15, -0.1) is 0 Å². The number of halogens is 3. The summed E-state index contributed by atoms with van der Waals surface area (Å²) in [6.45, 7) is 6.57. The molecule has 3 rings (SSSR count). The fourth-order valence-electron chi connectivity index (χ4n) is 3.73. The van der Waals surface area contributed by atoms with E-state index in [1.165, 1.54) is 18.2 Å². The Labute approximate surface area is 192 Å². The molecule has 0 bridgehead atoms. The highest BCUT2D eigenvalue weighted by atomic mass is 35.5. The molecule has 3 aromatic rings.